The van der Waals surface area contributed by atoms with Crippen LogP contribution in [0, 0.1) is 13.8 Å². The molecular weight excluding hydrogens is 410 g/mol. The Morgan fingerprint density at radius 1 is 0.939 bits per heavy atom. The van der Waals surface area contributed by atoms with Gasteiger partial charge in [0.25, 0.3) is 0 Å². The van der Waals surface area contributed by atoms with Gasteiger partial charge in [-0.05, 0) is 62.6 Å². The van der Waals surface area contributed by atoms with Crippen molar-refractivity contribution in [2.45, 2.75) is 40.0 Å². The average molecular weight is 440 g/mol. The number of rotatable bonds is 8. The smallest absolute Gasteiger partial charge is 0.226 e. The van der Waals surface area contributed by atoms with Crippen LogP contribution in [0.5, 0.6) is 11.6 Å². The van der Waals surface area contributed by atoms with Crippen molar-refractivity contribution < 1.29 is 9.53 Å². The summed E-state index contributed by atoms with van der Waals surface area (Å²) in [6.45, 7) is 6.12. The van der Waals surface area contributed by atoms with Gasteiger partial charge in [-0.3, -0.25) is 4.79 Å². The fraction of sp³-hybridized carbons (Fsp3) is 0.214. The van der Waals surface area contributed by atoms with Crippen LogP contribution in [0.3, 0.4) is 0 Å². The maximum Gasteiger partial charge on any atom is 0.226 e. The molecule has 1 N–H and O–H groups in total. The molecular formula is C28H29N3O2. The summed E-state index contributed by atoms with van der Waals surface area (Å²) >= 11 is 0. The summed E-state index contributed by atoms with van der Waals surface area (Å²) in [5.74, 6) is 1.41. The third-order valence-corrected chi connectivity index (χ3v) is 5.59. The lowest BCUT2D eigenvalue weighted by Crippen LogP contribution is -2.12. The Morgan fingerprint density at radius 3 is 2.33 bits per heavy atom. The highest BCUT2D eigenvalue weighted by Gasteiger charge is 2.21. The predicted molar refractivity (Wildman–Crippen MR) is 132 cm³/mol. The third kappa shape index (κ3) is 5.32. The third-order valence-electron chi connectivity index (χ3n) is 5.59. The molecule has 33 heavy (non-hydrogen) atoms. The average Bonchev–Trinajstić information content (AvgIpc) is 3.18. The molecule has 0 saturated carbocycles. The molecule has 0 aliphatic rings. The summed E-state index contributed by atoms with van der Waals surface area (Å²) in [5, 5.41) is 7.84. The Balaban J connectivity index is 1.64. The summed E-state index contributed by atoms with van der Waals surface area (Å²) in [5.41, 5.74) is 5.82. The van der Waals surface area contributed by atoms with E-state index in [1.165, 1.54) is 0 Å². The van der Waals surface area contributed by atoms with E-state index in [0.29, 0.717) is 18.7 Å². The SMILES string of the molecule is CCc1nn(-c2ccccc2)c(Oc2ccccc2C)c1CCC(=O)Nc1ccc(C)cc1. The molecule has 0 saturated heterocycles. The van der Waals surface area contributed by atoms with Crippen LogP contribution in [0.2, 0.25) is 0 Å². The topological polar surface area (TPSA) is 56.2 Å². The maximum atomic E-state index is 12.7. The summed E-state index contributed by atoms with van der Waals surface area (Å²) < 4.78 is 8.29. The Hall–Kier alpha value is -3.86. The number of aromatic nitrogens is 2. The van der Waals surface area contributed by atoms with Crippen molar-refractivity contribution in [3.63, 3.8) is 0 Å². The molecule has 0 radical (unpaired) electrons. The van der Waals surface area contributed by atoms with Crippen molar-refractivity contribution in [3.8, 4) is 17.3 Å². The lowest BCUT2D eigenvalue weighted by Gasteiger charge is -2.13. The molecule has 0 aliphatic carbocycles. The molecule has 168 valence electrons. The van der Waals surface area contributed by atoms with Gasteiger partial charge >= 0.3 is 0 Å². The van der Waals surface area contributed by atoms with Crippen LogP contribution in [-0.4, -0.2) is 15.7 Å². The number of nitrogens with one attached hydrogen (secondary N) is 1. The molecule has 0 unspecified atom stereocenters. The molecule has 1 aromatic heterocycles. The molecule has 1 heterocycles. The van der Waals surface area contributed by atoms with Gasteiger partial charge in [-0.1, -0.05) is 61.0 Å². The van der Waals surface area contributed by atoms with Gasteiger partial charge in [-0.15, -0.1) is 0 Å². The zero-order chi connectivity index (χ0) is 23.2. The lowest BCUT2D eigenvalue weighted by atomic mass is 10.1. The fourth-order valence-corrected chi connectivity index (χ4v) is 3.74. The molecule has 4 aromatic rings. The van der Waals surface area contributed by atoms with Crippen LogP contribution in [-0.2, 0) is 17.6 Å². The minimum atomic E-state index is -0.0322. The molecule has 5 nitrogen and oxygen atoms in total. The van der Waals surface area contributed by atoms with E-state index < -0.39 is 0 Å². The van der Waals surface area contributed by atoms with Crippen LogP contribution < -0.4 is 10.1 Å². The van der Waals surface area contributed by atoms with Gasteiger partial charge in [0.1, 0.15) is 5.75 Å². The Bertz CT molecular complexity index is 1230. The highest BCUT2D eigenvalue weighted by molar-refractivity contribution is 5.90. The van der Waals surface area contributed by atoms with Gasteiger partial charge in [-0.2, -0.15) is 5.10 Å². The van der Waals surface area contributed by atoms with Gasteiger partial charge in [-0.25, -0.2) is 4.68 Å². The minimum Gasteiger partial charge on any atom is -0.438 e. The van der Waals surface area contributed by atoms with Crippen molar-refractivity contribution in [1.29, 1.82) is 0 Å². The zero-order valence-corrected chi connectivity index (χ0v) is 19.3. The van der Waals surface area contributed by atoms with E-state index in [1.54, 1.807) is 0 Å². The summed E-state index contributed by atoms with van der Waals surface area (Å²) in [6, 6.07) is 25.7. The Labute approximate surface area is 195 Å². The standard InChI is InChI=1S/C28H29N3O2/c1-4-25-24(18-19-27(32)29-22-16-14-20(2)15-17-22)28(33-26-13-9-8-10-21(26)3)31(30-25)23-11-6-5-7-12-23/h5-17H,4,18-19H2,1-3H3,(H,29,32). The molecule has 3 aromatic carbocycles. The second-order valence-corrected chi connectivity index (χ2v) is 8.11. The zero-order valence-electron chi connectivity index (χ0n) is 19.3. The van der Waals surface area contributed by atoms with E-state index in [9.17, 15) is 4.79 Å². The monoisotopic (exact) mass is 439 g/mol. The van der Waals surface area contributed by atoms with Crippen molar-refractivity contribution in [3.05, 3.63) is 101 Å². The van der Waals surface area contributed by atoms with Crippen LogP contribution in [0.15, 0.2) is 78.9 Å². The first-order chi connectivity index (χ1) is 16.0. The van der Waals surface area contributed by atoms with Crippen LogP contribution in [0.25, 0.3) is 5.69 Å². The quantitative estimate of drug-likeness (QED) is 0.345. The van der Waals surface area contributed by atoms with E-state index in [-0.39, 0.29) is 5.91 Å². The van der Waals surface area contributed by atoms with Crippen molar-refractivity contribution >= 4 is 11.6 Å². The normalized spacial score (nSPS) is 10.8. The number of amides is 1. The second-order valence-electron chi connectivity index (χ2n) is 8.11. The Kier molecular flexibility index (Phi) is 6.89. The Morgan fingerprint density at radius 2 is 1.64 bits per heavy atom. The van der Waals surface area contributed by atoms with E-state index in [0.717, 1.165) is 45.9 Å². The number of anilines is 1. The number of aryl methyl sites for hydroxylation is 3. The lowest BCUT2D eigenvalue weighted by molar-refractivity contribution is -0.116. The van der Waals surface area contributed by atoms with Crippen molar-refractivity contribution in [1.82, 2.24) is 9.78 Å². The van der Waals surface area contributed by atoms with Gasteiger partial charge in [0.05, 0.1) is 11.4 Å². The maximum absolute atomic E-state index is 12.7. The predicted octanol–water partition coefficient (Wildman–Crippen LogP) is 6.42. The number of ether oxygens (including phenoxy) is 1. The molecule has 0 bridgehead atoms. The van der Waals surface area contributed by atoms with E-state index >= 15 is 0 Å². The van der Waals surface area contributed by atoms with E-state index in [1.807, 2.05) is 97.4 Å². The molecule has 0 fully saturated rings. The number of para-hydroxylation sites is 2. The molecule has 4 rings (SSSR count). The number of nitrogens with zero attached hydrogens (tertiary/aromatic N) is 2. The summed E-state index contributed by atoms with van der Waals surface area (Å²) in [7, 11) is 0. The summed E-state index contributed by atoms with van der Waals surface area (Å²) in [4.78, 5) is 12.7. The first-order valence-corrected chi connectivity index (χ1v) is 11.3. The van der Waals surface area contributed by atoms with Gasteiger partial charge < -0.3 is 10.1 Å². The van der Waals surface area contributed by atoms with E-state index in [4.69, 9.17) is 9.84 Å². The minimum absolute atomic E-state index is 0.0322. The number of hydrogen-bond acceptors (Lipinski definition) is 3. The molecule has 0 spiro atoms. The van der Waals surface area contributed by atoms with Crippen LogP contribution >= 0.6 is 0 Å². The number of hydrogen-bond donors (Lipinski definition) is 1. The van der Waals surface area contributed by atoms with Crippen molar-refractivity contribution in [2.24, 2.45) is 0 Å². The van der Waals surface area contributed by atoms with Crippen LogP contribution in [0.1, 0.15) is 35.7 Å². The van der Waals surface area contributed by atoms with Crippen molar-refractivity contribution in [2.75, 3.05) is 5.32 Å². The fourth-order valence-electron chi connectivity index (χ4n) is 3.74. The summed E-state index contributed by atoms with van der Waals surface area (Å²) in [6.07, 6.45) is 1.62. The van der Waals surface area contributed by atoms with Gasteiger partial charge in [0.15, 0.2) is 0 Å². The largest absolute Gasteiger partial charge is 0.438 e. The van der Waals surface area contributed by atoms with Gasteiger partial charge in [0.2, 0.25) is 11.8 Å². The highest BCUT2D eigenvalue weighted by atomic mass is 16.5. The molecule has 1 amide bonds. The molecule has 5 heteroatoms. The first-order valence-electron chi connectivity index (χ1n) is 11.3. The number of benzene rings is 3. The van der Waals surface area contributed by atoms with E-state index in [2.05, 4.69) is 12.2 Å². The number of carbonyl (C=O) groups excluding carboxylic acids is 1. The van der Waals surface area contributed by atoms with Crippen LogP contribution in [0.4, 0.5) is 5.69 Å². The molecule has 0 atom stereocenters. The highest BCUT2D eigenvalue weighted by Crippen LogP contribution is 2.33. The van der Waals surface area contributed by atoms with Gasteiger partial charge in [0, 0.05) is 17.7 Å². The second kappa shape index (κ2) is 10.2. The molecule has 0 aliphatic heterocycles. The number of carbonyl (C=O) groups is 1. The first kappa shape index (κ1) is 22.3.